The second-order valence-electron chi connectivity index (χ2n) is 19.7. The number of nitrogens with one attached hydrogen (secondary N) is 3. The second-order valence-corrected chi connectivity index (χ2v) is 32.7. The topological polar surface area (TPSA) is 331 Å². The van der Waals surface area contributed by atoms with E-state index in [9.17, 15) is 0 Å². The van der Waals surface area contributed by atoms with Gasteiger partial charge in [0.15, 0.2) is 24.4 Å². The van der Waals surface area contributed by atoms with Gasteiger partial charge in [0.05, 0.1) is 57.9 Å². The predicted octanol–water partition coefficient (Wildman–Crippen LogP) is 16.2. The molecule has 3 fully saturated rings. The number of thiazole rings is 5. The van der Waals surface area contributed by atoms with Gasteiger partial charge in [-0.1, -0.05) is 98.7 Å². The maximum absolute atomic E-state index is 8.18. The van der Waals surface area contributed by atoms with Crippen LogP contribution < -0.4 is 33.2 Å². The third kappa shape index (κ3) is 34.1. The molecule has 2 saturated carbocycles. The number of rotatable bonds is 18. The molecule has 0 bridgehead atoms. The number of hydrogen-bond acceptors (Lipinski definition) is 32. The van der Waals surface area contributed by atoms with Gasteiger partial charge < -0.3 is 33.2 Å². The van der Waals surface area contributed by atoms with Crippen molar-refractivity contribution >= 4 is 164 Å². The number of alkyl halides is 1. The number of halogens is 2. The number of hydrogen-bond donors (Lipinski definition) is 6. The molecule has 22 nitrogen and oxygen atoms in total. The zero-order chi connectivity index (χ0) is 64.5. The largest absolute Gasteiger partial charge is 0.375 e. The Bertz CT molecular complexity index is 3350. The molecule has 0 aromatic carbocycles. The summed E-state index contributed by atoms with van der Waals surface area (Å²) in [7, 11) is 0. The fraction of sp³-hybridized carbons (Fsp3) is 0.400. The summed E-state index contributed by atoms with van der Waals surface area (Å²) in [6, 6.07) is 1.67. The monoisotopic (exact) mass is 1540 g/mol. The number of anilines is 4. The highest BCUT2D eigenvalue weighted by molar-refractivity contribution is 9.11. The summed E-state index contributed by atoms with van der Waals surface area (Å²) in [5, 5.41) is 23.8. The van der Waals surface area contributed by atoms with Crippen molar-refractivity contribution in [1.29, 1.82) is 5.26 Å². The Labute approximate surface area is 605 Å². The molecule has 94 heavy (non-hydrogen) atoms. The van der Waals surface area contributed by atoms with E-state index in [4.69, 9.17) is 34.1 Å². The van der Waals surface area contributed by atoms with Crippen LogP contribution in [0, 0.1) is 10.7 Å². The summed E-state index contributed by atoms with van der Waals surface area (Å²) in [5.41, 5.74) is 21.9. The molecule has 13 rings (SSSR count). The Hall–Kier alpha value is -5.32. The van der Waals surface area contributed by atoms with E-state index in [0.717, 1.165) is 98.3 Å². The van der Waals surface area contributed by atoms with Crippen molar-refractivity contribution in [3.63, 3.8) is 0 Å². The quantitative estimate of drug-likeness (QED) is 0.0264. The van der Waals surface area contributed by atoms with Gasteiger partial charge in [0.25, 0.3) is 0 Å². The molecular weight excluding hydrogens is 1460 g/mol. The Kier molecular flexibility index (Phi) is 40.9. The molecule has 1 aliphatic heterocycles. The third-order valence-electron chi connectivity index (χ3n) is 12.5. The first-order chi connectivity index (χ1) is 45.1. The minimum Gasteiger partial charge on any atom is -0.375 e. The molecule has 1 saturated heterocycles. The summed E-state index contributed by atoms with van der Waals surface area (Å²) >= 11 is 24.8. The van der Waals surface area contributed by atoms with Crippen LogP contribution in [0.1, 0.15) is 120 Å². The summed E-state index contributed by atoms with van der Waals surface area (Å²) in [5.74, 6) is 4.00. The molecule has 11 heterocycles. The lowest BCUT2D eigenvalue weighted by atomic mass is 9.96. The van der Waals surface area contributed by atoms with Gasteiger partial charge in [-0.2, -0.15) is 5.26 Å². The molecule has 10 aromatic heterocycles. The molecule has 0 radical (unpaired) electrons. The molecule has 502 valence electrons. The van der Waals surface area contributed by atoms with Crippen molar-refractivity contribution in [2.45, 2.75) is 160 Å². The number of thiocyanates is 1. The minimum atomic E-state index is 0. The predicted molar refractivity (Wildman–Crippen MR) is 401 cm³/mol. The normalized spacial score (nSPS) is 14.0. The smallest absolute Gasteiger partial charge is 0.183 e. The summed E-state index contributed by atoms with van der Waals surface area (Å²) in [6.45, 7) is 2.17. The lowest BCUT2D eigenvalue weighted by Crippen LogP contribution is -2.38. The number of thioether (sulfide) groups is 5. The highest BCUT2D eigenvalue weighted by Crippen LogP contribution is 2.34. The maximum Gasteiger partial charge on any atom is 0.183 e. The molecule has 10 aromatic rings. The first-order valence-electron chi connectivity index (χ1n) is 28.9. The fourth-order valence-corrected chi connectivity index (χ4v) is 17.4. The van der Waals surface area contributed by atoms with Crippen LogP contribution in [-0.2, 0) is 28.9 Å². The Morgan fingerprint density at radius 1 is 0.468 bits per heavy atom. The van der Waals surface area contributed by atoms with Gasteiger partial charge in [-0.3, -0.25) is 0 Å². The van der Waals surface area contributed by atoms with Crippen molar-refractivity contribution in [2.75, 3.05) is 35.2 Å². The van der Waals surface area contributed by atoms with Crippen LogP contribution in [0.5, 0.6) is 0 Å². The van der Waals surface area contributed by atoms with Crippen LogP contribution in [0.4, 0.5) is 20.5 Å². The number of piperidine rings is 1. The minimum absolute atomic E-state index is 0. The Balaban J connectivity index is 0.000000204. The van der Waals surface area contributed by atoms with E-state index in [1.807, 2.05) is 73.6 Å². The number of nitrogen functional groups attached to an aromatic ring is 2. The highest BCUT2D eigenvalue weighted by Gasteiger charge is 2.16. The zero-order valence-corrected chi connectivity index (χ0v) is 60.4. The van der Waals surface area contributed by atoms with E-state index in [-0.39, 0.29) is 14.9 Å². The summed E-state index contributed by atoms with van der Waals surface area (Å²) in [4.78, 5) is 60.2. The summed E-state index contributed by atoms with van der Waals surface area (Å²) in [6.07, 6.45) is 50.7. The van der Waals surface area contributed by atoms with E-state index in [1.54, 1.807) is 118 Å². The second kappa shape index (κ2) is 48.4. The number of nitriles is 1. The standard InChI is InChI=1S/C14H18N4S2.C13H17N5S2.C8H6BrN3S2.C8H8N4S2.C6H13N.C5H5ClN2.C4H3N3S2.2CH4/c1-2-4-12(5-3-1)18-14-17-8-13(20-14)19-9-11-6-15-10-16-7-11;1-2-11(6-14-3-1)18-13-17-7-12(20-13)19-8-10-4-15-9-16-5-10;2*9-8-12-3-7(14-8)13-4-6-1-10-5-11-2-6;7-6-4-2-1-3-5-6;6-1-5-2-7-4-8-3-5;5-2-8-3-1-7-4(6)9-3;;/h6-8,10,12H,1-5,9H2,(H,17,18);4-5,7,9,11,14H,1-3,6,8H2,(H,17,18);1-3,5H,4H2;1-3,5H,4H2,(H2,9,12);6H,1-5,7H2;2-4H,1H2;1H,(H2,6,7);2*1H4/t;11-;;;;;;;/m.1......./s1. The van der Waals surface area contributed by atoms with Crippen LogP contribution in [-0.4, -0.2) is 106 Å². The van der Waals surface area contributed by atoms with E-state index in [2.05, 4.69) is 107 Å². The molecule has 0 amide bonds. The number of nitrogens with two attached hydrogens (primary N) is 3. The van der Waals surface area contributed by atoms with Crippen molar-refractivity contribution in [3.8, 4) is 5.40 Å². The van der Waals surface area contributed by atoms with Gasteiger partial charge in [-0.15, -0.1) is 70.0 Å². The number of aromatic nitrogens is 15. The molecule has 2 aliphatic carbocycles. The van der Waals surface area contributed by atoms with E-state index in [1.165, 1.54) is 131 Å². The van der Waals surface area contributed by atoms with Gasteiger partial charge in [0.2, 0.25) is 0 Å². The van der Waals surface area contributed by atoms with Crippen LogP contribution in [0.15, 0.2) is 150 Å². The molecule has 34 heteroatoms. The molecule has 0 unspecified atom stereocenters. The average Bonchev–Trinajstić information content (AvgIpc) is 2.90. The maximum atomic E-state index is 8.18. The van der Waals surface area contributed by atoms with Crippen molar-refractivity contribution < 1.29 is 0 Å². The SMILES string of the molecule is Brc1ncc(SCc2cncnc2)s1.C.C.ClCc1cncnc1.N#CSc1cnc(N)s1.NC1CCCCC1.Nc1ncc(SCc2cncnc2)s1.c1ncc(CSc2cnc(NC3CCCCC3)s2)cn1.c1ncc(CSc2cnc(N[C@@H]3CCCNC3)s2)cn1. The molecule has 9 N–H and O–H groups in total. The fourth-order valence-electron chi connectivity index (χ4n) is 8.13. The Morgan fingerprint density at radius 2 is 0.830 bits per heavy atom. The summed E-state index contributed by atoms with van der Waals surface area (Å²) < 4.78 is 6.54. The van der Waals surface area contributed by atoms with Crippen molar-refractivity contribution in [2.24, 2.45) is 5.73 Å². The Morgan fingerprint density at radius 3 is 1.17 bits per heavy atom. The third-order valence-corrected chi connectivity index (χ3v) is 23.6. The van der Waals surface area contributed by atoms with Gasteiger partial charge in [-0.25, -0.2) is 74.8 Å². The van der Waals surface area contributed by atoms with Crippen LogP contribution in [0.3, 0.4) is 0 Å². The van der Waals surface area contributed by atoms with E-state index >= 15 is 0 Å². The van der Waals surface area contributed by atoms with E-state index < -0.39 is 0 Å². The van der Waals surface area contributed by atoms with Crippen molar-refractivity contribution in [1.82, 2.24) is 80.1 Å². The van der Waals surface area contributed by atoms with Crippen molar-refractivity contribution in [3.05, 3.63) is 156 Å². The van der Waals surface area contributed by atoms with Gasteiger partial charge in [-0.05, 0) is 83.3 Å². The molecule has 0 spiro atoms. The average molecular weight is 1540 g/mol. The zero-order valence-electron chi connectivity index (χ0n) is 49.9. The molecule has 1 atom stereocenters. The van der Waals surface area contributed by atoms with E-state index in [0.29, 0.717) is 34.3 Å². The highest BCUT2D eigenvalue weighted by atomic mass is 79.9. The first kappa shape index (κ1) is 79.4. The molecule has 3 aliphatic rings. The van der Waals surface area contributed by atoms with Crippen LogP contribution >= 0.6 is 143 Å². The van der Waals surface area contributed by atoms with Crippen LogP contribution in [0.2, 0.25) is 0 Å². The van der Waals surface area contributed by atoms with Crippen LogP contribution in [0.25, 0.3) is 0 Å². The lowest BCUT2D eigenvalue weighted by molar-refractivity contribution is 0.441. The van der Waals surface area contributed by atoms with Gasteiger partial charge in [0.1, 0.15) is 37.0 Å². The molecular formula is C60H78BrClN22S10. The van der Waals surface area contributed by atoms with Gasteiger partial charge >= 0.3 is 0 Å². The first-order valence-corrected chi connectivity index (χ1v) is 39.1. The number of nitrogens with zero attached hydrogens (tertiary/aromatic N) is 16. The lowest BCUT2D eigenvalue weighted by Gasteiger charge is -2.23. The van der Waals surface area contributed by atoms with Gasteiger partial charge in [0, 0.05) is 127 Å².